The van der Waals surface area contributed by atoms with Crippen molar-refractivity contribution in [1.82, 2.24) is 5.32 Å². The van der Waals surface area contributed by atoms with E-state index in [0.29, 0.717) is 32.2 Å². The topological polar surface area (TPSA) is 119 Å². The van der Waals surface area contributed by atoms with E-state index in [-0.39, 0.29) is 18.0 Å². The predicted molar refractivity (Wildman–Crippen MR) is 220 cm³/mol. The molecular formula is C45H82N2O5. The van der Waals surface area contributed by atoms with Gasteiger partial charge in [-0.3, -0.25) is 9.59 Å². The number of amides is 1. The molecular weight excluding hydrogens is 649 g/mol. The molecule has 0 bridgehead atoms. The van der Waals surface area contributed by atoms with E-state index in [1.165, 1.54) is 83.5 Å². The number of aliphatic carboxylic acids is 1. The van der Waals surface area contributed by atoms with Crippen LogP contribution in [0, 0.1) is 0 Å². The fraction of sp³-hybridized carbons (Fsp3) is 0.800. The van der Waals surface area contributed by atoms with Crippen LogP contribution in [-0.2, 0) is 19.1 Å². The molecule has 52 heavy (non-hydrogen) atoms. The lowest BCUT2D eigenvalue weighted by Gasteiger charge is -2.18. The fourth-order valence-corrected chi connectivity index (χ4v) is 6.36. The van der Waals surface area contributed by atoms with Gasteiger partial charge in [-0.1, -0.05) is 134 Å². The molecule has 4 N–H and O–H groups in total. The maximum absolute atomic E-state index is 12.8. The number of rotatable bonds is 39. The average Bonchev–Trinajstić information content (AvgIpc) is 3.13. The monoisotopic (exact) mass is 731 g/mol. The third-order valence-electron chi connectivity index (χ3n) is 9.68. The van der Waals surface area contributed by atoms with Crippen molar-refractivity contribution in [2.75, 3.05) is 6.54 Å². The molecule has 0 aromatic carbocycles. The Bertz CT molecular complexity index is 915. The molecule has 1 amide bonds. The molecule has 0 heterocycles. The first-order chi connectivity index (χ1) is 25.4. The van der Waals surface area contributed by atoms with Crippen molar-refractivity contribution >= 4 is 17.8 Å². The summed E-state index contributed by atoms with van der Waals surface area (Å²) in [5.41, 5.74) is 5.48. The SMILES string of the molecule is CCCCC/C=C\C/C=C\CCCCCCCC(=O)OC(CCC/C=C\CCCCCCCC)CCCCCCCC(=O)NC(CCCN)C(=O)O. The summed E-state index contributed by atoms with van der Waals surface area (Å²) in [4.78, 5) is 36.3. The van der Waals surface area contributed by atoms with Crippen LogP contribution in [0.2, 0.25) is 0 Å². The first-order valence-corrected chi connectivity index (χ1v) is 21.8. The molecule has 0 radical (unpaired) electrons. The zero-order valence-electron chi connectivity index (χ0n) is 33.9. The predicted octanol–water partition coefficient (Wildman–Crippen LogP) is 12.2. The van der Waals surface area contributed by atoms with Gasteiger partial charge in [-0.25, -0.2) is 4.79 Å². The van der Waals surface area contributed by atoms with Crippen LogP contribution in [0.25, 0.3) is 0 Å². The first-order valence-electron chi connectivity index (χ1n) is 21.8. The Morgan fingerprint density at radius 1 is 0.558 bits per heavy atom. The number of allylic oxidation sites excluding steroid dienone is 6. The summed E-state index contributed by atoms with van der Waals surface area (Å²) in [5, 5.41) is 11.9. The van der Waals surface area contributed by atoms with Gasteiger partial charge in [0.1, 0.15) is 12.1 Å². The quantitative estimate of drug-likeness (QED) is 0.0329. The largest absolute Gasteiger partial charge is 0.480 e. The summed E-state index contributed by atoms with van der Waals surface area (Å²) < 4.78 is 6.02. The number of esters is 1. The number of hydrogen-bond acceptors (Lipinski definition) is 5. The summed E-state index contributed by atoms with van der Waals surface area (Å²) in [6.45, 7) is 4.91. The lowest BCUT2D eigenvalue weighted by molar-refractivity contribution is -0.150. The molecule has 0 aromatic heterocycles. The number of hydrogen-bond donors (Lipinski definition) is 3. The molecule has 302 valence electrons. The van der Waals surface area contributed by atoms with Gasteiger partial charge in [-0.2, -0.15) is 0 Å². The highest BCUT2D eigenvalue weighted by molar-refractivity contribution is 5.83. The second kappa shape index (κ2) is 39.8. The van der Waals surface area contributed by atoms with Crippen LogP contribution in [0.5, 0.6) is 0 Å². The van der Waals surface area contributed by atoms with Crippen molar-refractivity contribution in [3.8, 4) is 0 Å². The minimum Gasteiger partial charge on any atom is -0.480 e. The van der Waals surface area contributed by atoms with Crippen molar-refractivity contribution in [1.29, 1.82) is 0 Å². The van der Waals surface area contributed by atoms with E-state index in [2.05, 4.69) is 55.6 Å². The van der Waals surface area contributed by atoms with Gasteiger partial charge in [0.15, 0.2) is 0 Å². The highest BCUT2D eigenvalue weighted by Gasteiger charge is 2.19. The molecule has 2 unspecified atom stereocenters. The van der Waals surface area contributed by atoms with Crippen molar-refractivity contribution in [3.63, 3.8) is 0 Å². The highest BCUT2D eigenvalue weighted by atomic mass is 16.5. The molecule has 7 nitrogen and oxygen atoms in total. The third kappa shape index (κ3) is 36.0. The van der Waals surface area contributed by atoms with Gasteiger partial charge < -0.3 is 20.9 Å². The second-order valence-electron chi connectivity index (χ2n) is 14.7. The minimum atomic E-state index is -1.01. The second-order valence-corrected chi connectivity index (χ2v) is 14.7. The maximum Gasteiger partial charge on any atom is 0.326 e. The van der Waals surface area contributed by atoms with Crippen molar-refractivity contribution in [2.24, 2.45) is 5.73 Å². The van der Waals surface area contributed by atoms with E-state index in [9.17, 15) is 19.5 Å². The van der Waals surface area contributed by atoms with Crippen molar-refractivity contribution in [3.05, 3.63) is 36.5 Å². The smallest absolute Gasteiger partial charge is 0.326 e. The Labute approximate surface area is 320 Å². The number of unbranched alkanes of at least 4 members (excludes halogenated alkanes) is 19. The molecule has 2 atom stereocenters. The first kappa shape index (κ1) is 49.6. The van der Waals surface area contributed by atoms with Crippen LogP contribution in [0.1, 0.15) is 213 Å². The summed E-state index contributed by atoms with van der Waals surface area (Å²) >= 11 is 0. The summed E-state index contributed by atoms with van der Waals surface area (Å²) in [7, 11) is 0. The van der Waals surface area contributed by atoms with Crippen LogP contribution < -0.4 is 11.1 Å². The fourth-order valence-electron chi connectivity index (χ4n) is 6.36. The normalized spacial score (nSPS) is 13.0. The van der Waals surface area contributed by atoms with Gasteiger partial charge in [0, 0.05) is 12.8 Å². The molecule has 0 spiro atoms. The molecule has 0 rings (SSSR count). The van der Waals surface area contributed by atoms with Crippen LogP contribution in [0.3, 0.4) is 0 Å². The van der Waals surface area contributed by atoms with E-state index >= 15 is 0 Å². The average molecular weight is 731 g/mol. The third-order valence-corrected chi connectivity index (χ3v) is 9.68. The molecule has 0 aliphatic carbocycles. The van der Waals surface area contributed by atoms with Crippen molar-refractivity contribution < 1.29 is 24.2 Å². The maximum atomic E-state index is 12.8. The number of carbonyl (C=O) groups is 3. The zero-order valence-corrected chi connectivity index (χ0v) is 33.9. The molecule has 0 saturated heterocycles. The van der Waals surface area contributed by atoms with Crippen molar-refractivity contribution in [2.45, 2.75) is 225 Å². The summed E-state index contributed by atoms with van der Waals surface area (Å²) in [5.74, 6) is -1.26. The Kier molecular flexibility index (Phi) is 37.9. The van der Waals surface area contributed by atoms with Gasteiger partial charge in [0.2, 0.25) is 5.91 Å². The Morgan fingerprint density at radius 3 is 1.62 bits per heavy atom. The lowest BCUT2D eigenvalue weighted by Crippen LogP contribution is -2.40. The van der Waals surface area contributed by atoms with Gasteiger partial charge >= 0.3 is 11.9 Å². The molecule has 0 aliphatic heterocycles. The Hall–Kier alpha value is -2.41. The Morgan fingerprint density at radius 2 is 1.02 bits per heavy atom. The number of carboxylic acid groups (broad SMARTS) is 1. The number of ether oxygens (including phenoxy) is 1. The van der Waals surface area contributed by atoms with E-state index in [0.717, 1.165) is 89.9 Å². The van der Waals surface area contributed by atoms with Crippen LogP contribution in [-0.4, -0.2) is 41.6 Å². The molecule has 0 aromatic rings. The molecule has 0 fully saturated rings. The van der Waals surface area contributed by atoms with Gasteiger partial charge in [-0.05, 0) is 109 Å². The Balaban J connectivity index is 4.36. The van der Waals surface area contributed by atoms with E-state index < -0.39 is 12.0 Å². The standard InChI is InChI=1S/C45H82N2O5/c1-3-5-7-9-11-13-15-16-17-18-20-22-24-29-33-39-44(49)52-41(35-30-26-23-21-19-14-12-10-8-6-4-2)36-31-27-25-28-32-38-43(48)47-42(45(50)51)37-34-40-46/h11,13,16-17,21,23,41-42H,3-10,12,14-15,18-20,22,24-40,46H2,1-2H3,(H,47,48)(H,50,51)/b13-11-,17-16-,23-21-. The number of nitrogens with two attached hydrogens (primary N) is 1. The van der Waals surface area contributed by atoms with Crippen LogP contribution in [0.4, 0.5) is 0 Å². The molecule has 0 aliphatic rings. The van der Waals surface area contributed by atoms with E-state index in [4.69, 9.17) is 10.5 Å². The van der Waals surface area contributed by atoms with Crippen LogP contribution in [0.15, 0.2) is 36.5 Å². The van der Waals surface area contributed by atoms with E-state index in [1.54, 1.807) is 0 Å². The van der Waals surface area contributed by atoms with Gasteiger partial charge in [-0.15, -0.1) is 0 Å². The molecule has 7 heteroatoms. The number of carboxylic acids is 1. The zero-order chi connectivity index (χ0) is 38.2. The van der Waals surface area contributed by atoms with Crippen LogP contribution >= 0.6 is 0 Å². The lowest BCUT2D eigenvalue weighted by atomic mass is 10.0. The minimum absolute atomic E-state index is 0.0234. The number of nitrogens with one attached hydrogen (secondary N) is 1. The van der Waals surface area contributed by atoms with Gasteiger partial charge in [0.25, 0.3) is 0 Å². The summed E-state index contributed by atoms with van der Waals surface area (Å²) in [6.07, 6.45) is 46.1. The van der Waals surface area contributed by atoms with E-state index in [1.807, 2.05) is 0 Å². The molecule has 0 saturated carbocycles. The highest BCUT2D eigenvalue weighted by Crippen LogP contribution is 2.18. The number of carbonyl (C=O) groups excluding carboxylic acids is 2. The summed E-state index contributed by atoms with van der Waals surface area (Å²) in [6, 6.07) is -0.860. The van der Waals surface area contributed by atoms with Gasteiger partial charge in [0.05, 0.1) is 0 Å².